The Labute approximate surface area is 199 Å². The predicted molar refractivity (Wildman–Crippen MR) is 122 cm³/mol. The van der Waals surface area contributed by atoms with Gasteiger partial charge in [-0.25, -0.2) is 9.78 Å². The van der Waals surface area contributed by atoms with Crippen molar-refractivity contribution in [1.29, 1.82) is 0 Å². The number of benzene rings is 1. The molecule has 2 unspecified atom stereocenters. The third-order valence-corrected chi connectivity index (χ3v) is 6.99. The van der Waals surface area contributed by atoms with Crippen molar-refractivity contribution < 1.29 is 32.6 Å². The topological polar surface area (TPSA) is 101 Å². The second-order valence-corrected chi connectivity index (χ2v) is 9.54. The fraction of sp³-hybridized carbons (Fsp3) is 0.522. The van der Waals surface area contributed by atoms with Gasteiger partial charge < -0.3 is 20.5 Å². The molecule has 4 rings (SSSR count). The highest BCUT2D eigenvalue weighted by Gasteiger charge is 2.38. The molecule has 186 valence electrons. The molecular weight excluding hydrogens is 471 g/mol. The van der Waals surface area contributed by atoms with E-state index in [0.717, 1.165) is 52.8 Å². The second-order valence-electron chi connectivity index (χ2n) is 8.51. The summed E-state index contributed by atoms with van der Waals surface area (Å²) in [6, 6.07) is 6.16. The molecule has 0 radical (unpaired) electrons. The van der Waals surface area contributed by atoms with Gasteiger partial charge in [0.25, 0.3) is 5.91 Å². The fourth-order valence-corrected chi connectivity index (χ4v) is 5.03. The van der Waals surface area contributed by atoms with Gasteiger partial charge in [-0.15, -0.1) is 11.3 Å². The van der Waals surface area contributed by atoms with Gasteiger partial charge in [0.05, 0.1) is 16.7 Å². The molecule has 3 heterocycles. The Bertz CT molecular complexity index is 1030. The van der Waals surface area contributed by atoms with Crippen LogP contribution in [0.2, 0.25) is 0 Å². The number of thiazole rings is 1. The van der Waals surface area contributed by atoms with Crippen LogP contribution in [0.4, 0.5) is 13.2 Å². The number of aliphatic carboxylic acids is 1. The van der Waals surface area contributed by atoms with Crippen molar-refractivity contribution in [3.8, 4) is 5.75 Å². The van der Waals surface area contributed by atoms with Crippen LogP contribution in [0.15, 0.2) is 18.2 Å². The van der Waals surface area contributed by atoms with E-state index in [1.54, 1.807) is 11.3 Å². The standard InChI is InChI=1S/C21H27N3O2S.C2HF3O2/c1-12-9-17-10-15(6-7-18(17)26-12)13(2)23-20(25)19-14(3)24-21(27-19)16-5-4-8-22-11-16;3-2(4,5)1(6)7/h6-7,10,12-13,16,22H,4-5,8-9,11H2,1-3H3,(H,23,25);(H,6,7)/t12?,13-,16?;/m1./s1. The first kappa shape index (κ1) is 26.0. The summed E-state index contributed by atoms with van der Waals surface area (Å²) in [6.07, 6.45) is -1.61. The van der Waals surface area contributed by atoms with Gasteiger partial charge >= 0.3 is 12.1 Å². The van der Waals surface area contributed by atoms with Gasteiger partial charge in [0.15, 0.2) is 0 Å². The minimum atomic E-state index is -5.08. The summed E-state index contributed by atoms with van der Waals surface area (Å²) in [6.45, 7) is 8.08. The fourth-order valence-electron chi connectivity index (χ4n) is 3.92. The summed E-state index contributed by atoms with van der Waals surface area (Å²) in [5, 5.41) is 14.8. The number of carboxylic acids is 1. The van der Waals surface area contributed by atoms with Crippen LogP contribution in [-0.4, -0.2) is 47.3 Å². The molecule has 2 aliphatic rings. The number of hydrogen-bond donors (Lipinski definition) is 3. The van der Waals surface area contributed by atoms with E-state index in [2.05, 4.69) is 23.6 Å². The maximum Gasteiger partial charge on any atom is 0.490 e. The molecule has 0 bridgehead atoms. The number of aryl methyl sites for hydroxylation is 1. The van der Waals surface area contributed by atoms with Crippen molar-refractivity contribution in [2.75, 3.05) is 13.1 Å². The molecule has 1 aromatic heterocycles. The van der Waals surface area contributed by atoms with Crippen molar-refractivity contribution in [1.82, 2.24) is 15.6 Å². The molecule has 3 atom stereocenters. The zero-order valence-electron chi connectivity index (χ0n) is 19.2. The SMILES string of the molecule is Cc1nc(C2CCCNC2)sc1C(=O)N[C@H](C)c1ccc2c(c1)CC(C)O2.O=C(O)C(F)(F)F. The predicted octanol–water partition coefficient (Wildman–Crippen LogP) is 4.37. The lowest BCUT2D eigenvalue weighted by Crippen LogP contribution is -2.28. The van der Waals surface area contributed by atoms with Gasteiger partial charge in [-0.2, -0.15) is 13.2 Å². The quantitative estimate of drug-likeness (QED) is 0.578. The number of nitrogens with zero attached hydrogens (tertiary/aromatic N) is 1. The Hall–Kier alpha value is -2.66. The Morgan fingerprint density at radius 2 is 2.06 bits per heavy atom. The zero-order chi connectivity index (χ0) is 25.0. The van der Waals surface area contributed by atoms with Crippen molar-refractivity contribution in [2.45, 2.75) is 64.3 Å². The highest BCUT2D eigenvalue weighted by atomic mass is 32.1. The summed E-state index contributed by atoms with van der Waals surface area (Å²) in [7, 11) is 0. The number of fused-ring (bicyclic) bond motifs is 1. The number of rotatable bonds is 4. The van der Waals surface area contributed by atoms with Crippen LogP contribution in [-0.2, 0) is 11.2 Å². The molecule has 1 aromatic carbocycles. The molecule has 7 nitrogen and oxygen atoms in total. The largest absolute Gasteiger partial charge is 0.490 e. The summed E-state index contributed by atoms with van der Waals surface area (Å²) in [4.78, 5) is 27.2. The Balaban J connectivity index is 0.000000406. The van der Waals surface area contributed by atoms with Gasteiger partial charge in [0.2, 0.25) is 0 Å². The minimum Gasteiger partial charge on any atom is -0.490 e. The molecule has 0 spiro atoms. The Kier molecular flexibility index (Phi) is 8.19. The lowest BCUT2D eigenvalue weighted by molar-refractivity contribution is -0.192. The van der Waals surface area contributed by atoms with E-state index in [1.165, 1.54) is 12.0 Å². The average molecular weight is 500 g/mol. The van der Waals surface area contributed by atoms with Crippen LogP contribution in [0, 0.1) is 6.92 Å². The molecule has 0 aliphatic carbocycles. The Morgan fingerprint density at radius 3 is 2.68 bits per heavy atom. The number of carbonyl (C=O) groups is 2. The van der Waals surface area contributed by atoms with Crippen molar-refractivity contribution >= 4 is 23.2 Å². The molecule has 2 aliphatic heterocycles. The van der Waals surface area contributed by atoms with Gasteiger partial charge in [0, 0.05) is 18.9 Å². The van der Waals surface area contributed by atoms with Crippen LogP contribution in [0.1, 0.15) is 70.1 Å². The molecule has 34 heavy (non-hydrogen) atoms. The van der Waals surface area contributed by atoms with Crippen LogP contribution < -0.4 is 15.4 Å². The van der Waals surface area contributed by atoms with Gasteiger partial charge in [-0.1, -0.05) is 6.07 Å². The molecule has 3 N–H and O–H groups in total. The van der Waals surface area contributed by atoms with E-state index >= 15 is 0 Å². The molecule has 1 amide bonds. The number of hydrogen-bond acceptors (Lipinski definition) is 6. The van der Waals surface area contributed by atoms with Crippen LogP contribution in [0.5, 0.6) is 5.75 Å². The monoisotopic (exact) mass is 499 g/mol. The molecule has 2 aromatic rings. The number of carboxylic acid groups (broad SMARTS) is 1. The lowest BCUT2D eigenvalue weighted by atomic mass is 10.0. The number of ether oxygens (including phenoxy) is 1. The first-order valence-electron chi connectivity index (χ1n) is 11.0. The number of nitrogens with one attached hydrogen (secondary N) is 2. The summed E-state index contributed by atoms with van der Waals surface area (Å²) in [5.41, 5.74) is 3.17. The van der Waals surface area contributed by atoms with Gasteiger partial charge in [-0.05, 0) is 63.4 Å². The average Bonchev–Trinajstić information content (AvgIpc) is 3.35. The first-order valence-corrected chi connectivity index (χ1v) is 11.9. The molecule has 1 fully saturated rings. The van der Waals surface area contributed by atoms with E-state index in [-0.39, 0.29) is 18.1 Å². The summed E-state index contributed by atoms with van der Waals surface area (Å²) in [5.74, 6) is -1.39. The van der Waals surface area contributed by atoms with E-state index < -0.39 is 12.1 Å². The third-order valence-electron chi connectivity index (χ3n) is 5.68. The smallest absolute Gasteiger partial charge is 0.490 e. The first-order chi connectivity index (χ1) is 16.0. The van der Waals surface area contributed by atoms with Crippen molar-refractivity contribution in [3.05, 3.63) is 44.9 Å². The summed E-state index contributed by atoms with van der Waals surface area (Å²) >= 11 is 1.55. The maximum absolute atomic E-state index is 12.9. The number of carbonyl (C=O) groups excluding carboxylic acids is 1. The number of alkyl halides is 3. The van der Waals surface area contributed by atoms with E-state index in [9.17, 15) is 18.0 Å². The van der Waals surface area contributed by atoms with Crippen molar-refractivity contribution in [3.63, 3.8) is 0 Å². The number of aromatic nitrogens is 1. The third kappa shape index (κ3) is 6.47. The molecule has 0 saturated carbocycles. The normalized spacial score (nSPS) is 20.4. The van der Waals surface area contributed by atoms with E-state index in [1.807, 2.05) is 26.0 Å². The maximum atomic E-state index is 12.9. The second kappa shape index (κ2) is 10.7. The van der Waals surface area contributed by atoms with Crippen LogP contribution in [0.3, 0.4) is 0 Å². The molecule has 11 heteroatoms. The number of amides is 1. The van der Waals surface area contributed by atoms with Crippen LogP contribution >= 0.6 is 11.3 Å². The molecular formula is C23H28F3N3O4S. The van der Waals surface area contributed by atoms with Crippen molar-refractivity contribution in [2.24, 2.45) is 0 Å². The van der Waals surface area contributed by atoms with E-state index in [0.29, 0.717) is 5.92 Å². The zero-order valence-corrected chi connectivity index (χ0v) is 20.0. The van der Waals surface area contributed by atoms with Crippen LogP contribution in [0.25, 0.3) is 0 Å². The number of piperidine rings is 1. The number of halogens is 3. The highest BCUT2D eigenvalue weighted by Crippen LogP contribution is 2.32. The van der Waals surface area contributed by atoms with E-state index in [4.69, 9.17) is 19.6 Å². The molecule has 1 saturated heterocycles. The lowest BCUT2D eigenvalue weighted by Gasteiger charge is -2.20. The summed E-state index contributed by atoms with van der Waals surface area (Å²) < 4.78 is 37.5. The highest BCUT2D eigenvalue weighted by molar-refractivity contribution is 7.13. The van der Waals surface area contributed by atoms with Gasteiger partial charge in [0.1, 0.15) is 16.7 Å². The van der Waals surface area contributed by atoms with Gasteiger partial charge in [-0.3, -0.25) is 4.79 Å². The Morgan fingerprint density at radius 1 is 1.35 bits per heavy atom. The minimum absolute atomic E-state index is 0.0300.